The molecule has 3 heterocycles. The van der Waals surface area contributed by atoms with Gasteiger partial charge in [-0.05, 0) is 31.0 Å². The van der Waals surface area contributed by atoms with E-state index in [0.29, 0.717) is 0 Å². The second-order valence-electron chi connectivity index (χ2n) is 3.93. The number of nitrogens with zero attached hydrogens (tertiary/aromatic N) is 3. The first-order valence-electron chi connectivity index (χ1n) is 5.39. The summed E-state index contributed by atoms with van der Waals surface area (Å²) in [5, 5.41) is 0. The van der Waals surface area contributed by atoms with Gasteiger partial charge in [0.25, 0.3) is 0 Å². The molecule has 2 aromatic heterocycles. The van der Waals surface area contributed by atoms with Crippen molar-refractivity contribution in [2.75, 3.05) is 18.0 Å². The highest BCUT2D eigenvalue weighted by molar-refractivity contribution is 5.77. The molecule has 3 rings (SSSR count). The van der Waals surface area contributed by atoms with E-state index in [1.54, 1.807) is 0 Å². The van der Waals surface area contributed by atoms with Crippen LogP contribution in [0.5, 0.6) is 0 Å². The van der Waals surface area contributed by atoms with Crippen LogP contribution in [0.2, 0.25) is 0 Å². The Morgan fingerprint density at radius 1 is 1.07 bits per heavy atom. The standard InChI is InChI=1S/C12H13N3/c1-2-7-15(6-1)10-8-12-11(14-9-10)4-3-5-13-12/h3-5,8-9H,1-2,6-7H2. The van der Waals surface area contributed by atoms with Gasteiger partial charge in [0.2, 0.25) is 0 Å². The molecule has 2 aromatic rings. The monoisotopic (exact) mass is 199 g/mol. The van der Waals surface area contributed by atoms with Crippen molar-refractivity contribution in [3.8, 4) is 0 Å². The molecule has 1 aliphatic rings. The number of hydrogen-bond acceptors (Lipinski definition) is 3. The molecule has 0 radical (unpaired) electrons. The molecule has 3 heteroatoms. The summed E-state index contributed by atoms with van der Waals surface area (Å²) in [7, 11) is 0. The summed E-state index contributed by atoms with van der Waals surface area (Å²) >= 11 is 0. The smallest absolute Gasteiger partial charge is 0.0907 e. The molecule has 0 spiro atoms. The van der Waals surface area contributed by atoms with E-state index in [1.165, 1.54) is 18.5 Å². The molecular weight excluding hydrogens is 186 g/mol. The average Bonchev–Trinajstić information content (AvgIpc) is 2.82. The maximum absolute atomic E-state index is 4.42. The summed E-state index contributed by atoms with van der Waals surface area (Å²) < 4.78 is 0. The van der Waals surface area contributed by atoms with E-state index in [0.717, 1.165) is 24.1 Å². The lowest BCUT2D eigenvalue weighted by Crippen LogP contribution is -2.17. The molecule has 1 saturated heterocycles. The lowest BCUT2D eigenvalue weighted by Gasteiger charge is -2.16. The molecule has 0 amide bonds. The Labute approximate surface area is 88.8 Å². The van der Waals surface area contributed by atoms with Gasteiger partial charge in [-0.3, -0.25) is 9.97 Å². The van der Waals surface area contributed by atoms with Crippen LogP contribution in [0.1, 0.15) is 12.8 Å². The summed E-state index contributed by atoms with van der Waals surface area (Å²) in [5.74, 6) is 0. The second-order valence-corrected chi connectivity index (χ2v) is 3.93. The van der Waals surface area contributed by atoms with Crippen LogP contribution in [0.3, 0.4) is 0 Å². The lowest BCUT2D eigenvalue weighted by molar-refractivity contribution is 0.949. The van der Waals surface area contributed by atoms with E-state index in [9.17, 15) is 0 Å². The Morgan fingerprint density at radius 3 is 2.80 bits per heavy atom. The number of hydrogen-bond donors (Lipinski definition) is 0. The van der Waals surface area contributed by atoms with Crippen molar-refractivity contribution >= 4 is 16.7 Å². The molecule has 1 fully saturated rings. The highest BCUT2D eigenvalue weighted by atomic mass is 15.1. The largest absolute Gasteiger partial charge is 0.370 e. The zero-order valence-electron chi connectivity index (χ0n) is 8.56. The van der Waals surface area contributed by atoms with E-state index >= 15 is 0 Å². The van der Waals surface area contributed by atoms with Crippen LogP contribution in [0, 0.1) is 0 Å². The summed E-state index contributed by atoms with van der Waals surface area (Å²) in [6.07, 6.45) is 6.35. The maximum Gasteiger partial charge on any atom is 0.0907 e. The summed E-state index contributed by atoms with van der Waals surface area (Å²) in [4.78, 5) is 11.1. The van der Waals surface area contributed by atoms with Gasteiger partial charge in [0.05, 0.1) is 22.9 Å². The zero-order valence-corrected chi connectivity index (χ0v) is 8.56. The van der Waals surface area contributed by atoms with E-state index < -0.39 is 0 Å². The fraction of sp³-hybridized carbons (Fsp3) is 0.333. The van der Waals surface area contributed by atoms with Gasteiger partial charge in [0.1, 0.15) is 0 Å². The maximum atomic E-state index is 4.42. The summed E-state index contributed by atoms with van der Waals surface area (Å²) in [5.41, 5.74) is 3.17. The van der Waals surface area contributed by atoms with Gasteiger partial charge in [-0.1, -0.05) is 0 Å². The second kappa shape index (κ2) is 3.50. The van der Waals surface area contributed by atoms with E-state index in [2.05, 4.69) is 20.9 Å². The van der Waals surface area contributed by atoms with Crippen molar-refractivity contribution in [1.82, 2.24) is 9.97 Å². The topological polar surface area (TPSA) is 29.0 Å². The fourth-order valence-corrected chi connectivity index (χ4v) is 2.09. The minimum Gasteiger partial charge on any atom is -0.370 e. The van der Waals surface area contributed by atoms with Crippen LogP contribution in [0.4, 0.5) is 5.69 Å². The van der Waals surface area contributed by atoms with E-state index in [-0.39, 0.29) is 0 Å². The summed E-state index contributed by atoms with van der Waals surface area (Å²) in [6.45, 7) is 2.31. The fourth-order valence-electron chi connectivity index (χ4n) is 2.09. The van der Waals surface area contributed by atoms with E-state index in [1.807, 2.05) is 24.5 Å². The van der Waals surface area contributed by atoms with Gasteiger partial charge in [-0.25, -0.2) is 0 Å². The van der Waals surface area contributed by atoms with Gasteiger partial charge in [0.15, 0.2) is 0 Å². The van der Waals surface area contributed by atoms with Crippen molar-refractivity contribution in [1.29, 1.82) is 0 Å². The average molecular weight is 199 g/mol. The number of fused-ring (bicyclic) bond motifs is 1. The molecule has 1 aliphatic heterocycles. The molecule has 0 bridgehead atoms. The third kappa shape index (κ3) is 1.54. The van der Waals surface area contributed by atoms with Crippen molar-refractivity contribution in [2.45, 2.75) is 12.8 Å². The first-order valence-corrected chi connectivity index (χ1v) is 5.39. The molecule has 76 valence electrons. The number of rotatable bonds is 1. The first kappa shape index (κ1) is 8.65. The van der Waals surface area contributed by atoms with Gasteiger partial charge in [0, 0.05) is 19.3 Å². The predicted octanol–water partition coefficient (Wildman–Crippen LogP) is 2.23. The highest BCUT2D eigenvalue weighted by Crippen LogP contribution is 2.21. The minimum absolute atomic E-state index is 0.973. The molecule has 0 atom stereocenters. The van der Waals surface area contributed by atoms with Crippen LogP contribution in [-0.4, -0.2) is 23.1 Å². The van der Waals surface area contributed by atoms with Crippen molar-refractivity contribution in [3.63, 3.8) is 0 Å². The molecule has 3 nitrogen and oxygen atoms in total. The normalized spacial score (nSPS) is 16.1. The number of anilines is 1. The van der Waals surface area contributed by atoms with Crippen LogP contribution in [0.25, 0.3) is 11.0 Å². The molecule has 0 aliphatic carbocycles. The SMILES string of the molecule is c1cnc2cc(N3CCCC3)cnc2c1. The molecule has 0 unspecified atom stereocenters. The summed E-state index contributed by atoms with van der Waals surface area (Å²) in [6, 6.07) is 6.05. The van der Waals surface area contributed by atoms with Crippen LogP contribution in [-0.2, 0) is 0 Å². The van der Waals surface area contributed by atoms with Gasteiger partial charge in [-0.15, -0.1) is 0 Å². The van der Waals surface area contributed by atoms with Gasteiger partial charge >= 0.3 is 0 Å². The van der Waals surface area contributed by atoms with Gasteiger partial charge < -0.3 is 4.90 Å². The van der Waals surface area contributed by atoms with E-state index in [4.69, 9.17) is 0 Å². The Morgan fingerprint density at radius 2 is 1.93 bits per heavy atom. The first-order chi connectivity index (χ1) is 7.43. The molecule has 15 heavy (non-hydrogen) atoms. The third-order valence-corrected chi connectivity index (χ3v) is 2.91. The Kier molecular flexibility index (Phi) is 2.02. The Hall–Kier alpha value is -1.64. The predicted molar refractivity (Wildman–Crippen MR) is 61.0 cm³/mol. The minimum atomic E-state index is 0.973. The highest BCUT2D eigenvalue weighted by Gasteiger charge is 2.12. The number of pyridine rings is 2. The van der Waals surface area contributed by atoms with Gasteiger partial charge in [-0.2, -0.15) is 0 Å². The van der Waals surface area contributed by atoms with Crippen molar-refractivity contribution in [3.05, 3.63) is 30.6 Å². The van der Waals surface area contributed by atoms with Crippen molar-refractivity contribution in [2.24, 2.45) is 0 Å². The molecule has 0 N–H and O–H groups in total. The van der Waals surface area contributed by atoms with Crippen LogP contribution < -0.4 is 4.90 Å². The Balaban J connectivity index is 2.05. The van der Waals surface area contributed by atoms with Crippen LogP contribution in [0.15, 0.2) is 30.6 Å². The molecule has 0 aromatic carbocycles. The number of aromatic nitrogens is 2. The molecular formula is C12H13N3. The van der Waals surface area contributed by atoms with Crippen molar-refractivity contribution < 1.29 is 0 Å². The Bertz CT molecular complexity index is 475. The quantitative estimate of drug-likeness (QED) is 0.705. The zero-order chi connectivity index (χ0) is 10.1. The third-order valence-electron chi connectivity index (χ3n) is 2.91. The van der Waals surface area contributed by atoms with Crippen LogP contribution >= 0.6 is 0 Å². The lowest BCUT2D eigenvalue weighted by atomic mass is 10.3. The molecule has 0 saturated carbocycles.